The van der Waals surface area contributed by atoms with Crippen LogP contribution in [0.3, 0.4) is 0 Å². The van der Waals surface area contributed by atoms with Crippen LogP contribution in [0.2, 0.25) is 5.02 Å². The predicted octanol–water partition coefficient (Wildman–Crippen LogP) is 6.56. The van der Waals surface area contributed by atoms with Crippen LogP contribution in [0.5, 0.6) is 11.5 Å². The number of ether oxygens (including phenoxy) is 2. The molecule has 1 atom stereocenters. The topological polar surface area (TPSA) is 134 Å². The number of alkyl halides is 3. The van der Waals surface area contributed by atoms with Crippen molar-refractivity contribution in [3.63, 3.8) is 0 Å². The molecule has 0 bridgehead atoms. The smallest absolute Gasteiger partial charge is 0.471 e. The minimum atomic E-state index is -5.30. The molecule has 1 saturated heterocycles. The van der Waals surface area contributed by atoms with Crippen molar-refractivity contribution in [3.05, 3.63) is 47.5 Å². The molecule has 2 heterocycles. The molecule has 1 unspecified atom stereocenters. The minimum absolute atomic E-state index is 0.00299. The van der Waals surface area contributed by atoms with Gasteiger partial charge in [-0.15, -0.1) is 0 Å². The van der Waals surface area contributed by atoms with Gasteiger partial charge in [-0.25, -0.2) is 24.1 Å². The lowest BCUT2D eigenvalue weighted by Crippen LogP contribution is -2.75. The number of hydrogen-bond donors (Lipinski definition) is 2. The number of carboxylic acid groups (broad SMARTS) is 1. The number of fused-ring (bicyclic) bond motifs is 1. The lowest BCUT2D eigenvalue weighted by Gasteiger charge is -2.57. The summed E-state index contributed by atoms with van der Waals surface area (Å²) in [6.07, 6.45) is -6.85. The summed E-state index contributed by atoms with van der Waals surface area (Å²) in [5, 5.41) is 13.0. The van der Waals surface area contributed by atoms with Crippen molar-refractivity contribution in [3.8, 4) is 11.5 Å². The third-order valence-corrected chi connectivity index (χ3v) is 8.93. The molecule has 47 heavy (non-hydrogen) atoms. The molecule has 3 aromatic rings. The Kier molecular flexibility index (Phi) is 8.90. The van der Waals surface area contributed by atoms with E-state index in [1.165, 1.54) is 25.6 Å². The Bertz CT molecular complexity index is 1720. The van der Waals surface area contributed by atoms with E-state index in [9.17, 15) is 37.1 Å². The average Bonchev–Trinajstić information content (AvgIpc) is 3.00. The second-order valence-electron chi connectivity index (χ2n) is 12.6. The molecule has 2 aromatic carbocycles. The van der Waals surface area contributed by atoms with E-state index in [4.69, 9.17) is 21.1 Å². The molecular formula is C31H32ClF4N5O6. The summed E-state index contributed by atoms with van der Waals surface area (Å²) >= 11 is 5.92. The summed E-state index contributed by atoms with van der Waals surface area (Å²) in [6.45, 7) is 4.18. The zero-order valence-electron chi connectivity index (χ0n) is 25.8. The third-order valence-electron chi connectivity index (χ3n) is 8.64. The molecule has 0 radical (unpaired) electrons. The van der Waals surface area contributed by atoms with Crippen molar-refractivity contribution in [2.24, 2.45) is 5.41 Å². The van der Waals surface area contributed by atoms with Gasteiger partial charge < -0.3 is 24.8 Å². The highest BCUT2D eigenvalue weighted by atomic mass is 35.5. The maximum atomic E-state index is 14.6. The van der Waals surface area contributed by atoms with Crippen LogP contribution in [0.15, 0.2) is 36.7 Å². The Hall–Kier alpha value is -4.40. The summed E-state index contributed by atoms with van der Waals surface area (Å²) in [7, 11) is 1.40. The van der Waals surface area contributed by atoms with Crippen molar-refractivity contribution in [1.82, 2.24) is 19.8 Å². The van der Waals surface area contributed by atoms with Gasteiger partial charge >= 0.3 is 18.2 Å². The van der Waals surface area contributed by atoms with Crippen molar-refractivity contribution < 1.29 is 46.5 Å². The first kappa shape index (κ1) is 33.9. The van der Waals surface area contributed by atoms with Crippen LogP contribution in [0, 0.1) is 11.2 Å². The van der Waals surface area contributed by atoms with Gasteiger partial charge in [0.05, 0.1) is 42.0 Å². The first-order chi connectivity index (χ1) is 22.0. The first-order valence-corrected chi connectivity index (χ1v) is 15.0. The van der Waals surface area contributed by atoms with Crippen LogP contribution in [0.4, 0.5) is 33.9 Å². The molecule has 5 rings (SSSR count). The number of nitrogens with one attached hydrogen (secondary N) is 1. The maximum absolute atomic E-state index is 14.6. The van der Waals surface area contributed by atoms with Gasteiger partial charge in [0.1, 0.15) is 17.7 Å². The Morgan fingerprint density at radius 2 is 1.79 bits per heavy atom. The third kappa shape index (κ3) is 6.32. The van der Waals surface area contributed by atoms with E-state index in [1.54, 1.807) is 39.0 Å². The second-order valence-corrected chi connectivity index (χ2v) is 13.0. The monoisotopic (exact) mass is 681 g/mol. The van der Waals surface area contributed by atoms with E-state index in [-0.39, 0.29) is 53.7 Å². The highest BCUT2D eigenvalue weighted by molar-refractivity contribution is 6.31. The molecule has 1 spiro atoms. The predicted molar refractivity (Wildman–Crippen MR) is 162 cm³/mol. The van der Waals surface area contributed by atoms with Crippen LogP contribution in [-0.2, 0) is 9.59 Å². The number of amides is 3. The highest BCUT2D eigenvalue weighted by Gasteiger charge is 2.63. The lowest BCUT2D eigenvalue weighted by molar-refractivity contribution is -0.208. The molecule has 252 valence electrons. The normalized spacial score (nSPS) is 22.0. The van der Waals surface area contributed by atoms with Crippen LogP contribution < -0.4 is 14.8 Å². The van der Waals surface area contributed by atoms with E-state index in [1.807, 2.05) is 0 Å². The fraction of sp³-hybridized carbons (Fsp3) is 0.452. The lowest BCUT2D eigenvalue weighted by atomic mass is 9.72. The molecular weight excluding hydrogens is 650 g/mol. The number of hydrogen-bond acceptors (Lipinski definition) is 8. The summed E-state index contributed by atoms with van der Waals surface area (Å²) in [6, 6.07) is 6.33. The number of nitrogens with zero attached hydrogens (tertiary/aromatic N) is 4. The summed E-state index contributed by atoms with van der Waals surface area (Å²) in [4.78, 5) is 48.3. The maximum Gasteiger partial charge on any atom is 0.471 e. The van der Waals surface area contributed by atoms with Crippen LogP contribution in [-0.4, -0.2) is 80.3 Å². The standard InChI is InChI=1S/C31H32ClF4N5O6/c1-29(2,3)23-14-40(28(44)45)26(42)30(41(23)27(43)31(34,35)36)10-8-16(9-11-30)47-22-12-17-20(13-21(22)46-4)37-15-38-25(17)39-19-7-5-6-18(32)24(19)33/h5-7,12-13,15-16,23H,8-11,14H2,1-4H3,(H,44,45)(H,37,38,39). The van der Waals surface area contributed by atoms with E-state index in [0.717, 1.165) is 0 Å². The molecule has 1 aliphatic heterocycles. The van der Waals surface area contributed by atoms with Crippen LogP contribution in [0.1, 0.15) is 46.5 Å². The van der Waals surface area contributed by atoms with E-state index < -0.39 is 59.5 Å². The van der Waals surface area contributed by atoms with Gasteiger partial charge in [0.15, 0.2) is 17.3 Å². The van der Waals surface area contributed by atoms with E-state index in [2.05, 4.69) is 15.3 Å². The van der Waals surface area contributed by atoms with Gasteiger partial charge in [0.25, 0.3) is 5.91 Å². The van der Waals surface area contributed by atoms with Gasteiger partial charge in [-0.05, 0) is 49.3 Å². The number of benzene rings is 2. The van der Waals surface area contributed by atoms with Crippen molar-refractivity contribution in [1.29, 1.82) is 0 Å². The zero-order valence-corrected chi connectivity index (χ0v) is 26.6. The first-order valence-electron chi connectivity index (χ1n) is 14.6. The number of halogens is 5. The average molecular weight is 682 g/mol. The number of piperazine rings is 1. The van der Waals surface area contributed by atoms with Gasteiger partial charge in [-0.1, -0.05) is 38.4 Å². The molecule has 2 fully saturated rings. The molecule has 1 saturated carbocycles. The number of methoxy groups -OCH3 is 1. The van der Waals surface area contributed by atoms with Crippen LogP contribution in [0.25, 0.3) is 10.9 Å². The van der Waals surface area contributed by atoms with Gasteiger partial charge in [0.2, 0.25) is 0 Å². The van der Waals surface area contributed by atoms with Crippen LogP contribution >= 0.6 is 11.6 Å². The van der Waals surface area contributed by atoms with Crippen molar-refractivity contribution >= 4 is 51.9 Å². The van der Waals surface area contributed by atoms with Gasteiger partial charge in [-0.3, -0.25) is 9.59 Å². The summed E-state index contributed by atoms with van der Waals surface area (Å²) in [5.74, 6) is -3.25. The quantitative estimate of drug-likeness (QED) is 0.287. The molecule has 16 heteroatoms. The number of aromatic nitrogens is 2. The summed E-state index contributed by atoms with van der Waals surface area (Å²) < 4.78 is 68.4. The summed E-state index contributed by atoms with van der Waals surface area (Å²) in [5.41, 5.74) is -2.57. The number of rotatable bonds is 5. The number of carbonyl (C=O) groups is 3. The zero-order chi connectivity index (χ0) is 34.5. The number of imide groups is 1. The Morgan fingerprint density at radius 1 is 1.11 bits per heavy atom. The minimum Gasteiger partial charge on any atom is -0.493 e. The SMILES string of the molecule is COc1cc2ncnc(Nc3cccc(Cl)c3F)c2cc1OC1CCC2(CC1)C(=O)N(C(=O)O)CC(C(C)(C)C)N2C(=O)C(F)(F)F. The molecule has 2 N–H and O–H groups in total. The van der Waals surface area contributed by atoms with Gasteiger partial charge in [0, 0.05) is 11.5 Å². The number of anilines is 2. The van der Waals surface area contributed by atoms with Crippen molar-refractivity contribution in [2.75, 3.05) is 19.0 Å². The number of carbonyl (C=O) groups excluding carboxylic acids is 2. The Morgan fingerprint density at radius 3 is 2.38 bits per heavy atom. The molecule has 1 aliphatic carbocycles. The van der Waals surface area contributed by atoms with E-state index in [0.29, 0.717) is 20.7 Å². The largest absolute Gasteiger partial charge is 0.493 e. The van der Waals surface area contributed by atoms with Gasteiger partial charge in [-0.2, -0.15) is 13.2 Å². The Balaban J connectivity index is 1.47. The molecule has 3 amide bonds. The molecule has 11 nitrogen and oxygen atoms in total. The molecule has 2 aliphatic rings. The fourth-order valence-corrected chi connectivity index (χ4v) is 6.43. The Labute approximate surface area is 271 Å². The molecule has 1 aromatic heterocycles. The van der Waals surface area contributed by atoms with E-state index >= 15 is 0 Å². The van der Waals surface area contributed by atoms with Crippen molar-refractivity contribution in [2.45, 2.75) is 70.3 Å². The second kappa shape index (κ2) is 12.3. The fourth-order valence-electron chi connectivity index (χ4n) is 6.25. The highest BCUT2D eigenvalue weighted by Crippen LogP contribution is 2.47.